The topological polar surface area (TPSA) is 72.4 Å². The lowest BCUT2D eigenvalue weighted by molar-refractivity contribution is -0.121. The van der Waals surface area contributed by atoms with Gasteiger partial charge >= 0.3 is 4.87 Å². The minimum Gasteiger partial charge on any atom is -0.383 e. The van der Waals surface area contributed by atoms with Crippen molar-refractivity contribution in [3.8, 4) is 0 Å². The molecule has 0 saturated heterocycles. The summed E-state index contributed by atoms with van der Waals surface area (Å²) in [5.41, 5.74) is 0.864. The van der Waals surface area contributed by atoms with Crippen LogP contribution in [0.3, 0.4) is 0 Å². The zero-order chi connectivity index (χ0) is 14.3. The Morgan fingerprint density at radius 1 is 1.30 bits per heavy atom. The molecule has 0 aliphatic rings. The molecule has 8 heteroatoms. The van der Waals surface area contributed by atoms with Gasteiger partial charge in [-0.1, -0.05) is 11.3 Å². The third-order valence-electron chi connectivity index (χ3n) is 2.78. The first-order valence-electron chi connectivity index (χ1n) is 6.19. The fourth-order valence-corrected chi connectivity index (χ4v) is 2.39. The maximum absolute atomic E-state index is 11.7. The van der Waals surface area contributed by atoms with Crippen LogP contribution in [0.1, 0.15) is 10.6 Å². The zero-order valence-electron chi connectivity index (χ0n) is 12.0. The van der Waals surface area contributed by atoms with Crippen LogP contribution < -0.4 is 15.5 Å². The molecule has 1 rings (SSSR count). The highest BCUT2D eigenvalue weighted by Gasteiger charge is 2.10. The van der Waals surface area contributed by atoms with Gasteiger partial charge in [-0.15, -0.1) is 12.4 Å². The molecule has 0 spiro atoms. The van der Waals surface area contributed by atoms with E-state index in [1.54, 1.807) is 7.11 Å². The van der Waals surface area contributed by atoms with Crippen LogP contribution in [0.25, 0.3) is 0 Å². The number of nitrogens with one attached hydrogen (secondary N) is 2. The molecule has 1 aromatic heterocycles. The molecule has 0 fully saturated rings. The summed E-state index contributed by atoms with van der Waals surface area (Å²) in [5, 5.41) is 5.90. The van der Waals surface area contributed by atoms with Crippen LogP contribution in [0.15, 0.2) is 4.79 Å². The second-order valence-electron chi connectivity index (χ2n) is 4.19. The quantitative estimate of drug-likeness (QED) is 0.675. The Morgan fingerprint density at radius 3 is 2.55 bits per heavy atom. The monoisotopic (exact) mass is 323 g/mol. The van der Waals surface area contributed by atoms with Gasteiger partial charge in [-0.3, -0.25) is 14.2 Å². The minimum absolute atomic E-state index is 0. The van der Waals surface area contributed by atoms with Gasteiger partial charge in [0.25, 0.3) is 0 Å². The van der Waals surface area contributed by atoms with Gasteiger partial charge in [0.1, 0.15) is 6.54 Å². The van der Waals surface area contributed by atoms with E-state index in [0.717, 1.165) is 17.1 Å². The predicted octanol–water partition coefficient (Wildman–Crippen LogP) is 0.301. The van der Waals surface area contributed by atoms with E-state index in [2.05, 4.69) is 10.6 Å². The number of aromatic nitrogens is 1. The second-order valence-corrected chi connectivity index (χ2v) is 5.35. The molecule has 2 N–H and O–H groups in total. The molecule has 0 atom stereocenters. The number of hydrogen-bond donors (Lipinski definition) is 2. The number of hydrogen-bond acceptors (Lipinski definition) is 5. The lowest BCUT2D eigenvalue weighted by Crippen LogP contribution is -2.36. The van der Waals surface area contributed by atoms with Crippen LogP contribution in [-0.4, -0.2) is 43.8 Å². The number of ether oxygens (including phenoxy) is 1. The van der Waals surface area contributed by atoms with Gasteiger partial charge in [-0.2, -0.15) is 0 Å². The van der Waals surface area contributed by atoms with Crippen molar-refractivity contribution in [2.45, 2.75) is 20.4 Å². The van der Waals surface area contributed by atoms with E-state index in [1.165, 1.54) is 15.9 Å². The van der Waals surface area contributed by atoms with Crippen LogP contribution in [-0.2, 0) is 16.1 Å². The number of carbonyl (C=O) groups is 1. The smallest absolute Gasteiger partial charge is 0.308 e. The van der Waals surface area contributed by atoms with Crippen LogP contribution in [0.5, 0.6) is 0 Å². The lowest BCUT2D eigenvalue weighted by atomic mass is 10.4. The van der Waals surface area contributed by atoms with Crippen LogP contribution in [0, 0.1) is 13.8 Å². The molecule has 20 heavy (non-hydrogen) atoms. The summed E-state index contributed by atoms with van der Waals surface area (Å²) in [7, 11) is 1.65. The van der Waals surface area contributed by atoms with E-state index in [0.29, 0.717) is 19.7 Å². The Morgan fingerprint density at radius 2 is 2.00 bits per heavy atom. The normalized spacial score (nSPS) is 10.2. The number of aryl methyl sites for hydroxylation is 1. The van der Waals surface area contributed by atoms with Gasteiger partial charge < -0.3 is 15.4 Å². The van der Waals surface area contributed by atoms with Gasteiger partial charge in [0.2, 0.25) is 5.91 Å². The number of methoxy groups -OCH3 is 1. The van der Waals surface area contributed by atoms with Crippen molar-refractivity contribution in [2.75, 3.05) is 33.4 Å². The number of carbonyl (C=O) groups excluding carboxylic acids is 1. The van der Waals surface area contributed by atoms with Crippen molar-refractivity contribution in [3.63, 3.8) is 0 Å². The third-order valence-corrected chi connectivity index (χ3v) is 3.78. The average molecular weight is 324 g/mol. The summed E-state index contributed by atoms with van der Waals surface area (Å²) in [6.45, 7) is 6.46. The van der Waals surface area contributed by atoms with Crippen LogP contribution in [0.4, 0.5) is 0 Å². The Balaban J connectivity index is 0.00000361. The zero-order valence-corrected chi connectivity index (χ0v) is 13.7. The van der Waals surface area contributed by atoms with Crippen molar-refractivity contribution in [2.24, 2.45) is 0 Å². The fraction of sp³-hybridized carbons (Fsp3) is 0.667. The largest absolute Gasteiger partial charge is 0.383 e. The van der Waals surface area contributed by atoms with Crippen molar-refractivity contribution in [1.29, 1.82) is 0 Å². The van der Waals surface area contributed by atoms with E-state index < -0.39 is 0 Å². The molecule has 0 radical (unpaired) electrons. The van der Waals surface area contributed by atoms with E-state index in [4.69, 9.17) is 4.74 Å². The molecule has 0 aliphatic carbocycles. The number of amides is 1. The molecule has 6 nitrogen and oxygen atoms in total. The van der Waals surface area contributed by atoms with Crippen molar-refractivity contribution in [1.82, 2.24) is 15.2 Å². The van der Waals surface area contributed by atoms with E-state index in [9.17, 15) is 9.59 Å². The average Bonchev–Trinajstić information content (AvgIpc) is 2.60. The number of halogens is 1. The molecule has 0 saturated carbocycles. The molecule has 0 unspecified atom stereocenters. The summed E-state index contributed by atoms with van der Waals surface area (Å²) < 4.78 is 6.40. The van der Waals surface area contributed by atoms with Gasteiger partial charge in [0.15, 0.2) is 0 Å². The summed E-state index contributed by atoms with van der Waals surface area (Å²) in [6.07, 6.45) is 0. The Kier molecular flexibility index (Phi) is 9.49. The summed E-state index contributed by atoms with van der Waals surface area (Å²) >= 11 is 1.18. The summed E-state index contributed by atoms with van der Waals surface area (Å²) in [4.78, 5) is 24.2. The molecular weight excluding hydrogens is 302 g/mol. The highest BCUT2D eigenvalue weighted by molar-refractivity contribution is 7.09. The first kappa shape index (κ1) is 19.1. The van der Waals surface area contributed by atoms with Crippen molar-refractivity contribution >= 4 is 29.7 Å². The predicted molar refractivity (Wildman–Crippen MR) is 83.1 cm³/mol. The van der Waals surface area contributed by atoms with Crippen molar-refractivity contribution in [3.05, 3.63) is 20.2 Å². The highest BCUT2D eigenvalue weighted by Crippen LogP contribution is 2.08. The Hall–Kier alpha value is -0.890. The Labute approximate surface area is 128 Å². The third kappa shape index (κ3) is 6.04. The van der Waals surface area contributed by atoms with E-state index >= 15 is 0 Å². The maximum Gasteiger partial charge on any atom is 0.308 e. The van der Waals surface area contributed by atoms with Gasteiger partial charge in [-0.25, -0.2) is 0 Å². The van der Waals surface area contributed by atoms with Gasteiger partial charge in [-0.05, 0) is 13.8 Å². The van der Waals surface area contributed by atoms with Gasteiger partial charge in [0.05, 0.1) is 6.61 Å². The molecule has 1 amide bonds. The van der Waals surface area contributed by atoms with Crippen molar-refractivity contribution < 1.29 is 9.53 Å². The first-order valence-corrected chi connectivity index (χ1v) is 7.01. The maximum atomic E-state index is 11.7. The fourth-order valence-electron chi connectivity index (χ4n) is 1.56. The minimum atomic E-state index is -0.142. The summed E-state index contributed by atoms with van der Waals surface area (Å²) in [6, 6.07) is 0. The van der Waals surface area contributed by atoms with Crippen LogP contribution in [0.2, 0.25) is 0 Å². The second kappa shape index (κ2) is 9.93. The SMILES string of the molecule is COCCNCCNC(=O)Cn1c(C)c(C)sc1=O.Cl. The number of rotatable bonds is 8. The number of thiazole rings is 1. The highest BCUT2D eigenvalue weighted by atomic mass is 35.5. The molecule has 116 valence electrons. The lowest BCUT2D eigenvalue weighted by Gasteiger charge is -2.08. The first-order chi connectivity index (χ1) is 9.06. The standard InChI is InChI=1S/C12H21N3O3S.ClH/c1-9-10(2)19-12(17)15(9)8-11(16)14-5-4-13-6-7-18-3;/h13H,4-8H2,1-3H3,(H,14,16);1H. The van der Waals surface area contributed by atoms with Gasteiger partial charge in [0, 0.05) is 37.3 Å². The summed E-state index contributed by atoms with van der Waals surface area (Å²) in [5.74, 6) is -0.142. The molecule has 0 bridgehead atoms. The molecule has 0 aliphatic heterocycles. The molecule has 1 heterocycles. The Bertz CT molecular complexity index is 473. The van der Waals surface area contributed by atoms with E-state index in [-0.39, 0.29) is 29.7 Å². The number of nitrogens with zero attached hydrogens (tertiary/aromatic N) is 1. The van der Waals surface area contributed by atoms with Crippen LogP contribution >= 0.6 is 23.7 Å². The molecule has 1 aromatic rings. The molecule has 0 aromatic carbocycles. The molecular formula is C12H22ClN3O3S. The van der Waals surface area contributed by atoms with E-state index in [1.807, 2.05) is 13.8 Å².